The van der Waals surface area contributed by atoms with E-state index in [1.165, 1.54) is 5.56 Å². The zero-order valence-electron chi connectivity index (χ0n) is 11.7. The van der Waals surface area contributed by atoms with E-state index in [9.17, 15) is 5.11 Å². The summed E-state index contributed by atoms with van der Waals surface area (Å²) in [6, 6.07) is 10.8. The van der Waals surface area contributed by atoms with E-state index in [0.29, 0.717) is 11.8 Å². The summed E-state index contributed by atoms with van der Waals surface area (Å²) in [4.78, 5) is 0. The average molecular weight is 246 g/mol. The van der Waals surface area contributed by atoms with Crippen molar-refractivity contribution in [1.82, 2.24) is 0 Å². The van der Waals surface area contributed by atoms with Crippen molar-refractivity contribution >= 4 is 0 Å². The summed E-state index contributed by atoms with van der Waals surface area (Å²) in [5.74, 6) is 1.35. The Kier molecular flexibility index (Phi) is 4.45. The number of benzene rings is 1. The summed E-state index contributed by atoms with van der Waals surface area (Å²) in [6.45, 7) is 4.47. The van der Waals surface area contributed by atoms with Crippen LogP contribution in [0.4, 0.5) is 0 Å². The van der Waals surface area contributed by atoms with E-state index in [0.717, 1.165) is 38.5 Å². The van der Waals surface area contributed by atoms with Gasteiger partial charge in [0.25, 0.3) is 0 Å². The Bertz CT molecular complexity index is 347. The van der Waals surface area contributed by atoms with Crippen LogP contribution in [0.5, 0.6) is 0 Å². The molecule has 1 N–H and O–H groups in total. The van der Waals surface area contributed by atoms with Gasteiger partial charge in [0.15, 0.2) is 0 Å². The molecule has 0 amide bonds. The normalized spacial score (nSPS) is 28.6. The predicted molar refractivity (Wildman–Crippen MR) is 76.7 cm³/mol. The van der Waals surface area contributed by atoms with Crippen LogP contribution in [0.3, 0.4) is 0 Å². The second-order valence-corrected chi connectivity index (χ2v) is 6.34. The molecular formula is C17H26O. The van der Waals surface area contributed by atoms with Crippen molar-refractivity contribution in [1.29, 1.82) is 0 Å². The van der Waals surface area contributed by atoms with E-state index in [2.05, 4.69) is 44.2 Å². The lowest BCUT2D eigenvalue weighted by molar-refractivity contribution is -0.0126. The summed E-state index contributed by atoms with van der Waals surface area (Å²) in [5, 5.41) is 10.6. The molecule has 0 atom stereocenters. The second-order valence-electron chi connectivity index (χ2n) is 6.34. The number of hydrogen-bond donors (Lipinski definition) is 1. The lowest BCUT2D eigenvalue weighted by atomic mass is 9.74. The quantitative estimate of drug-likeness (QED) is 0.828. The molecule has 1 fully saturated rings. The van der Waals surface area contributed by atoms with Gasteiger partial charge in [0.1, 0.15) is 0 Å². The first-order valence-corrected chi connectivity index (χ1v) is 7.36. The molecule has 1 nitrogen and oxygen atoms in total. The summed E-state index contributed by atoms with van der Waals surface area (Å²) >= 11 is 0. The maximum atomic E-state index is 10.6. The van der Waals surface area contributed by atoms with Crippen LogP contribution in [0.15, 0.2) is 30.3 Å². The smallest absolute Gasteiger partial charge is 0.0648 e. The first kappa shape index (κ1) is 13.6. The molecule has 0 aromatic heterocycles. The highest BCUT2D eigenvalue weighted by Crippen LogP contribution is 2.40. The van der Waals surface area contributed by atoms with Crippen LogP contribution in [-0.2, 0) is 0 Å². The van der Waals surface area contributed by atoms with E-state index < -0.39 is 0 Å². The van der Waals surface area contributed by atoms with Gasteiger partial charge in [-0.15, -0.1) is 0 Å². The molecule has 2 rings (SSSR count). The van der Waals surface area contributed by atoms with Crippen molar-refractivity contribution in [2.24, 2.45) is 5.92 Å². The van der Waals surface area contributed by atoms with Gasteiger partial charge in [-0.3, -0.25) is 0 Å². The highest BCUT2D eigenvalue weighted by atomic mass is 16.3. The number of hydrogen-bond acceptors (Lipinski definition) is 1. The Hall–Kier alpha value is -0.820. The highest BCUT2D eigenvalue weighted by Gasteiger charge is 2.33. The first-order valence-electron chi connectivity index (χ1n) is 7.36. The maximum absolute atomic E-state index is 10.6. The van der Waals surface area contributed by atoms with Crippen LogP contribution in [0.25, 0.3) is 0 Å². The third-order valence-corrected chi connectivity index (χ3v) is 4.37. The standard InChI is InChI=1S/C17H26O/c1-14(2)8-11-17(18)12-9-16(10-13-17)15-6-4-3-5-7-15/h3-7,14,16,18H,8-13H2,1-2H3. The van der Waals surface area contributed by atoms with Crippen molar-refractivity contribution in [3.05, 3.63) is 35.9 Å². The molecule has 0 saturated heterocycles. The predicted octanol–water partition coefficient (Wildman–Crippen LogP) is 4.51. The Morgan fingerprint density at radius 3 is 2.33 bits per heavy atom. The van der Waals surface area contributed by atoms with Crippen LogP contribution < -0.4 is 0 Å². The van der Waals surface area contributed by atoms with Crippen molar-refractivity contribution < 1.29 is 5.11 Å². The van der Waals surface area contributed by atoms with E-state index in [-0.39, 0.29) is 5.60 Å². The van der Waals surface area contributed by atoms with Gasteiger partial charge in [0.2, 0.25) is 0 Å². The fourth-order valence-corrected chi connectivity index (χ4v) is 3.02. The monoisotopic (exact) mass is 246 g/mol. The SMILES string of the molecule is CC(C)CCC1(O)CCC(c2ccccc2)CC1. The fraction of sp³-hybridized carbons (Fsp3) is 0.647. The van der Waals surface area contributed by atoms with Gasteiger partial charge in [-0.05, 0) is 55.9 Å². The minimum absolute atomic E-state index is 0.379. The van der Waals surface area contributed by atoms with E-state index in [1.54, 1.807) is 0 Å². The first-order chi connectivity index (χ1) is 8.59. The maximum Gasteiger partial charge on any atom is 0.0648 e. The molecule has 1 heteroatoms. The Morgan fingerprint density at radius 2 is 1.78 bits per heavy atom. The summed E-state index contributed by atoms with van der Waals surface area (Å²) in [5.41, 5.74) is 1.07. The molecule has 1 aromatic carbocycles. The Labute approximate surface area is 111 Å². The van der Waals surface area contributed by atoms with Gasteiger partial charge in [0, 0.05) is 0 Å². The lowest BCUT2D eigenvalue weighted by Gasteiger charge is -2.36. The summed E-state index contributed by atoms with van der Waals surface area (Å²) < 4.78 is 0. The molecule has 18 heavy (non-hydrogen) atoms. The molecule has 0 aliphatic heterocycles. The van der Waals surface area contributed by atoms with Gasteiger partial charge < -0.3 is 5.11 Å². The third-order valence-electron chi connectivity index (χ3n) is 4.37. The minimum atomic E-state index is -0.379. The zero-order valence-corrected chi connectivity index (χ0v) is 11.7. The number of aliphatic hydroxyl groups is 1. The largest absolute Gasteiger partial charge is 0.390 e. The molecule has 100 valence electrons. The van der Waals surface area contributed by atoms with Crippen LogP contribution in [0, 0.1) is 5.92 Å². The van der Waals surface area contributed by atoms with E-state index in [1.807, 2.05) is 0 Å². The lowest BCUT2D eigenvalue weighted by Crippen LogP contribution is -2.33. The topological polar surface area (TPSA) is 20.2 Å². The zero-order chi connectivity index (χ0) is 13.0. The van der Waals surface area contributed by atoms with E-state index in [4.69, 9.17) is 0 Å². The minimum Gasteiger partial charge on any atom is -0.390 e. The van der Waals surface area contributed by atoms with Crippen LogP contribution >= 0.6 is 0 Å². The third kappa shape index (κ3) is 3.58. The molecule has 0 bridgehead atoms. The molecule has 0 heterocycles. The van der Waals surface area contributed by atoms with Crippen LogP contribution in [-0.4, -0.2) is 10.7 Å². The molecule has 1 saturated carbocycles. The fourth-order valence-electron chi connectivity index (χ4n) is 3.02. The highest BCUT2D eigenvalue weighted by molar-refractivity contribution is 5.20. The summed E-state index contributed by atoms with van der Waals surface area (Å²) in [7, 11) is 0. The van der Waals surface area contributed by atoms with Gasteiger partial charge in [0.05, 0.1) is 5.60 Å². The Balaban J connectivity index is 1.87. The molecular weight excluding hydrogens is 220 g/mol. The van der Waals surface area contributed by atoms with Gasteiger partial charge in [-0.1, -0.05) is 44.2 Å². The molecule has 0 spiro atoms. The van der Waals surface area contributed by atoms with Crippen LogP contribution in [0.2, 0.25) is 0 Å². The van der Waals surface area contributed by atoms with Gasteiger partial charge in [-0.25, -0.2) is 0 Å². The van der Waals surface area contributed by atoms with Crippen molar-refractivity contribution in [3.8, 4) is 0 Å². The Morgan fingerprint density at radius 1 is 1.17 bits per heavy atom. The summed E-state index contributed by atoms with van der Waals surface area (Å²) in [6.07, 6.45) is 6.34. The van der Waals surface area contributed by atoms with Crippen molar-refractivity contribution in [3.63, 3.8) is 0 Å². The second kappa shape index (κ2) is 5.88. The molecule has 0 unspecified atom stereocenters. The van der Waals surface area contributed by atoms with Crippen molar-refractivity contribution in [2.75, 3.05) is 0 Å². The van der Waals surface area contributed by atoms with Crippen LogP contribution in [0.1, 0.15) is 63.9 Å². The molecule has 0 radical (unpaired) electrons. The molecule has 1 aliphatic carbocycles. The molecule has 1 aliphatic rings. The van der Waals surface area contributed by atoms with Crippen molar-refractivity contribution in [2.45, 2.75) is 63.9 Å². The van der Waals surface area contributed by atoms with E-state index >= 15 is 0 Å². The molecule has 1 aromatic rings. The number of rotatable bonds is 4. The van der Waals surface area contributed by atoms with Gasteiger partial charge in [-0.2, -0.15) is 0 Å². The average Bonchev–Trinajstić information content (AvgIpc) is 2.39. The van der Waals surface area contributed by atoms with Gasteiger partial charge >= 0.3 is 0 Å².